The van der Waals surface area contributed by atoms with Crippen LogP contribution < -0.4 is 0 Å². The molecule has 0 amide bonds. The zero-order valence-electron chi connectivity index (χ0n) is 11.0. The minimum absolute atomic E-state index is 0.153. The molecule has 0 aliphatic heterocycles. The summed E-state index contributed by atoms with van der Waals surface area (Å²) in [5.41, 5.74) is 0. The molecule has 0 bridgehead atoms. The van der Waals surface area contributed by atoms with Gasteiger partial charge in [-0.05, 0) is 34.5 Å². The molecule has 1 heterocycles. The average Bonchev–Trinajstić information content (AvgIpc) is 2.80. The van der Waals surface area contributed by atoms with Crippen molar-refractivity contribution in [2.75, 3.05) is 19.7 Å². The van der Waals surface area contributed by atoms with E-state index < -0.39 is 10.0 Å². The quantitative estimate of drug-likeness (QED) is 0.680. The summed E-state index contributed by atoms with van der Waals surface area (Å²) < 4.78 is 27.3. The molecule has 0 aromatic carbocycles. The van der Waals surface area contributed by atoms with Gasteiger partial charge in [-0.15, -0.1) is 11.3 Å². The topological polar surface area (TPSA) is 57.6 Å². The molecule has 1 rings (SSSR count). The van der Waals surface area contributed by atoms with Gasteiger partial charge in [0.05, 0.1) is 10.4 Å². The largest absolute Gasteiger partial charge is 0.395 e. The number of rotatable bonds is 9. The molecule has 1 aromatic rings. The highest BCUT2D eigenvalue weighted by Gasteiger charge is 2.25. The van der Waals surface area contributed by atoms with E-state index in [-0.39, 0.29) is 13.2 Å². The Bertz CT molecular complexity index is 473. The van der Waals surface area contributed by atoms with Crippen molar-refractivity contribution < 1.29 is 13.5 Å². The summed E-state index contributed by atoms with van der Waals surface area (Å²) in [6, 6.07) is 3.33. The number of thiophene rings is 1. The highest BCUT2D eigenvalue weighted by atomic mass is 79.9. The predicted octanol–water partition coefficient (Wildman–Crippen LogP) is 3.07. The number of halogens is 1. The Hall–Kier alpha value is 0.0500. The lowest BCUT2D eigenvalue weighted by molar-refractivity contribution is 0.252. The lowest BCUT2D eigenvalue weighted by Gasteiger charge is -2.20. The third-order valence-electron chi connectivity index (χ3n) is 2.75. The van der Waals surface area contributed by atoms with Crippen molar-refractivity contribution in [2.45, 2.75) is 36.8 Å². The van der Waals surface area contributed by atoms with Gasteiger partial charge in [0.1, 0.15) is 4.21 Å². The van der Waals surface area contributed by atoms with Crippen molar-refractivity contribution in [1.29, 1.82) is 0 Å². The number of hydrogen-bond donors (Lipinski definition) is 1. The summed E-state index contributed by atoms with van der Waals surface area (Å²) in [7, 11) is -3.47. The third kappa shape index (κ3) is 5.15. The van der Waals surface area contributed by atoms with Crippen LogP contribution in [-0.2, 0) is 10.0 Å². The van der Waals surface area contributed by atoms with Gasteiger partial charge in [-0.3, -0.25) is 0 Å². The van der Waals surface area contributed by atoms with E-state index in [1.54, 1.807) is 12.1 Å². The van der Waals surface area contributed by atoms with Crippen molar-refractivity contribution in [1.82, 2.24) is 4.31 Å². The van der Waals surface area contributed by atoms with Gasteiger partial charge in [-0.25, -0.2) is 8.42 Å². The molecule has 19 heavy (non-hydrogen) atoms. The Morgan fingerprint density at radius 2 is 2.00 bits per heavy atom. The Kier molecular flexibility index (Phi) is 7.53. The summed E-state index contributed by atoms with van der Waals surface area (Å²) in [6.45, 7) is 2.59. The van der Waals surface area contributed by atoms with Crippen molar-refractivity contribution in [3.8, 4) is 0 Å². The average molecular weight is 370 g/mol. The van der Waals surface area contributed by atoms with Crippen molar-refractivity contribution in [3.05, 3.63) is 15.9 Å². The van der Waals surface area contributed by atoms with E-state index in [1.165, 1.54) is 15.6 Å². The van der Waals surface area contributed by atoms with Crippen LogP contribution in [0.1, 0.15) is 32.6 Å². The van der Waals surface area contributed by atoms with Gasteiger partial charge in [0.2, 0.25) is 0 Å². The van der Waals surface area contributed by atoms with Crippen LogP contribution in [0.15, 0.2) is 20.1 Å². The van der Waals surface area contributed by atoms with Crippen molar-refractivity contribution >= 4 is 37.3 Å². The standard InChI is InChI=1S/C12H20BrNO3S2/c1-2-3-4-5-8-14(9-10-15)19(16,17)12-7-6-11(13)18-12/h6-7,15H,2-5,8-10H2,1H3. The second-order valence-corrected chi connectivity index (χ2v) is 8.87. The van der Waals surface area contributed by atoms with Gasteiger partial charge in [0.15, 0.2) is 0 Å². The maximum absolute atomic E-state index is 12.4. The fraction of sp³-hybridized carbons (Fsp3) is 0.667. The molecule has 0 aliphatic rings. The van der Waals surface area contributed by atoms with E-state index in [9.17, 15) is 8.42 Å². The van der Waals surface area contributed by atoms with E-state index >= 15 is 0 Å². The first-order chi connectivity index (χ1) is 9.02. The summed E-state index contributed by atoms with van der Waals surface area (Å²) in [5.74, 6) is 0. The highest BCUT2D eigenvalue weighted by molar-refractivity contribution is 9.11. The second kappa shape index (κ2) is 8.36. The first kappa shape index (κ1) is 17.1. The molecule has 0 unspecified atom stereocenters. The van der Waals surface area contributed by atoms with Crippen LogP contribution in [0, 0.1) is 0 Å². The van der Waals surface area contributed by atoms with Gasteiger partial charge >= 0.3 is 0 Å². The smallest absolute Gasteiger partial charge is 0.252 e. The Morgan fingerprint density at radius 3 is 2.53 bits per heavy atom. The molecular weight excluding hydrogens is 350 g/mol. The van der Waals surface area contributed by atoms with Crippen LogP contribution in [0.5, 0.6) is 0 Å². The molecule has 0 atom stereocenters. The van der Waals surface area contributed by atoms with E-state index in [0.717, 1.165) is 29.5 Å². The summed E-state index contributed by atoms with van der Waals surface area (Å²) >= 11 is 4.47. The van der Waals surface area contributed by atoms with E-state index in [2.05, 4.69) is 22.9 Å². The number of sulfonamides is 1. The molecule has 0 fully saturated rings. The number of aliphatic hydroxyl groups excluding tert-OH is 1. The summed E-state index contributed by atoms with van der Waals surface area (Å²) in [5, 5.41) is 9.04. The molecule has 0 radical (unpaired) electrons. The van der Waals surface area contributed by atoms with Crippen molar-refractivity contribution in [3.63, 3.8) is 0 Å². The van der Waals surface area contributed by atoms with Gasteiger partial charge < -0.3 is 5.11 Å². The van der Waals surface area contributed by atoms with Gasteiger partial charge in [0, 0.05) is 13.1 Å². The molecule has 0 aliphatic carbocycles. The van der Waals surface area contributed by atoms with Gasteiger partial charge in [-0.1, -0.05) is 26.2 Å². The number of aliphatic hydroxyl groups is 1. The molecule has 110 valence electrons. The number of hydrogen-bond acceptors (Lipinski definition) is 4. The fourth-order valence-electron chi connectivity index (χ4n) is 1.74. The number of unbranched alkanes of at least 4 members (excludes halogenated alkanes) is 3. The Morgan fingerprint density at radius 1 is 1.26 bits per heavy atom. The lowest BCUT2D eigenvalue weighted by Crippen LogP contribution is -2.34. The maximum atomic E-state index is 12.4. The zero-order chi connectivity index (χ0) is 14.3. The molecule has 0 saturated carbocycles. The molecule has 7 heteroatoms. The van der Waals surface area contributed by atoms with E-state index in [0.29, 0.717) is 10.8 Å². The van der Waals surface area contributed by atoms with E-state index in [1.807, 2.05) is 0 Å². The van der Waals surface area contributed by atoms with Gasteiger partial charge in [-0.2, -0.15) is 4.31 Å². The summed E-state index contributed by atoms with van der Waals surface area (Å²) in [4.78, 5) is 0. The third-order valence-corrected chi connectivity index (χ3v) is 6.74. The monoisotopic (exact) mass is 369 g/mol. The van der Waals surface area contributed by atoms with Crippen LogP contribution in [0.3, 0.4) is 0 Å². The second-order valence-electron chi connectivity index (χ2n) is 4.25. The number of nitrogens with zero attached hydrogens (tertiary/aromatic N) is 1. The first-order valence-electron chi connectivity index (χ1n) is 6.38. The minimum atomic E-state index is -3.47. The van der Waals surface area contributed by atoms with Crippen molar-refractivity contribution in [2.24, 2.45) is 0 Å². The van der Waals surface area contributed by atoms with Crippen LogP contribution in [-0.4, -0.2) is 37.5 Å². The zero-order valence-corrected chi connectivity index (χ0v) is 14.2. The first-order valence-corrected chi connectivity index (χ1v) is 9.43. The molecule has 4 nitrogen and oxygen atoms in total. The molecule has 1 N–H and O–H groups in total. The van der Waals surface area contributed by atoms with Crippen LogP contribution >= 0.6 is 27.3 Å². The molecular formula is C12H20BrNO3S2. The highest BCUT2D eigenvalue weighted by Crippen LogP contribution is 2.28. The SMILES string of the molecule is CCCCCCN(CCO)S(=O)(=O)c1ccc(Br)s1. The van der Waals surface area contributed by atoms with E-state index in [4.69, 9.17) is 5.11 Å². The van der Waals surface area contributed by atoms with Crippen LogP contribution in [0.4, 0.5) is 0 Å². The Balaban J connectivity index is 2.73. The Labute approximate surface area is 127 Å². The predicted molar refractivity (Wildman–Crippen MR) is 82.0 cm³/mol. The van der Waals surface area contributed by atoms with Crippen LogP contribution in [0.25, 0.3) is 0 Å². The lowest BCUT2D eigenvalue weighted by atomic mass is 10.2. The van der Waals surface area contributed by atoms with Crippen LogP contribution in [0.2, 0.25) is 0 Å². The molecule has 0 saturated heterocycles. The molecule has 0 spiro atoms. The normalized spacial score (nSPS) is 12.2. The fourth-order valence-corrected chi connectivity index (χ4v) is 5.38. The molecule has 1 aromatic heterocycles. The minimum Gasteiger partial charge on any atom is -0.395 e. The maximum Gasteiger partial charge on any atom is 0.252 e. The van der Waals surface area contributed by atoms with Gasteiger partial charge in [0.25, 0.3) is 10.0 Å². The summed E-state index contributed by atoms with van der Waals surface area (Å²) in [6.07, 6.45) is 4.07.